The predicted octanol–water partition coefficient (Wildman–Crippen LogP) is 2.15. The quantitative estimate of drug-likeness (QED) is 0.732. The molecule has 0 aromatic rings. The molecule has 0 radical (unpaired) electrons. The number of hydrogen-bond donors (Lipinski definition) is 1. The first-order valence-electron chi connectivity index (χ1n) is 4.93. The molecule has 2 nitrogen and oxygen atoms in total. The van der Waals surface area contributed by atoms with Gasteiger partial charge in [0.25, 0.3) is 0 Å². The normalized spacial score (nSPS) is 21.6. The second-order valence-electron chi connectivity index (χ2n) is 3.54. The number of halogens is 1. The Balaban J connectivity index is 2.68. The highest BCUT2D eigenvalue weighted by molar-refractivity contribution is 5.17. The van der Waals surface area contributed by atoms with E-state index in [0.29, 0.717) is 13.0 Å². The number of alkyl halides is 1. The van der Waals surface area contributed by atoms with Crippen molar-refractivity contribution in [1.82, 2.24) is 0 Å². The minimum Gasteiger partial charge on any atom is -0.501 e. The van der Waals surface area contributed by atoms with E-state index < -0.39 is 5.67 Å². The Morgan fingerprint density at radius 1 is 1.69 bits per heavy atom. The molecule has 0 fully saturated rings. The maximum Gasteiger partial charge on any atom is 0.147 e. The smallest absolute Gasteiger partial charge is 0.147 e. The van der Waals surface area contributed by atoms with Crippen molar-refractivity contribution in [3.8, 4) is 0 Å². The lowest BCUT2D eigenvalue weighted by atomic mass is 9.88. The molecule has 0 bridgehead atoms. The van der Waals surface area contributed by atoms with Crippen molar-refractivity contribution in [2.75, 3.05) is 13.2 Å². The molecule has 1 aliphatic rings. The first kappa shape index (κ1) is 10.5. The van der Waals surface area contributed by atoms with Gasteiger partial charge < -0.3 is 10.5 Å². The van der Waals surface area contributed by atoms with Crippen LogP contribution in [0, 0.1) is 0 Å². The third-order valence-electron chi connectivity index (χ3n) is 2.48. The second kappa shape index (κ2) is 4.61. The lowest BCUT2D eigenvalue weighted by Crippen LogP contribution is -2.36. The van der Waals surface area contributed by atoms with Gasteiger partial charge in [-0.15, -0.1) is 0 Å². The van der Waals surface area contributed by atoms with Crippen LogP contribution in [0.25, 0.3) is 0 Å². The molecule has 0 saturated heterocycles. The lowest BCUT2D eigenvalue weighted by Gasteiger charge is -2.28. The summed E-state index contributed by atoms with van der Waals surface area (Å²) in [5, 5.41) is 0. The molecule has 0 spiro atoms. The summed E-state index contributed by atoms with van der Waals surface area (Å²) >= 11 is 0. The van der Waals surface area contributed by atoms with E-state index in [1.165, 1.54) is 0 Å². The topological polar surface area (TPSA) is 35.2 Å². The van der Waals surface area contributed by atoms with Crippen LogP contribution in [-0.2, 0) is 4.74 Å². The van der Waals surface area contributed by atoms with Crippen molar-refractivity contribution in [3.05, 3.63) is 11.8 Å². The largest absolute Gasteiger partial charge is 0.501 e. The van der Waals surface area contributed by atoms with Gasteiger partial charge in [0.2, 0.25) is 0 Å². The third kappa shape index (κ3) is 2.44. The summed E-state index contributed by atoms with van der Waals surface area (Å²) in [6.07, 6.45) is 4.56. The minimum absolute atomic E-state index is 0.0655. The molecule has 13 heavy (non-hydrogen) atoms. The van der Waals surface area contributed by atoms with Crippen LogP contribution < -0.4 is 5.73 Å². The van der Waals surface area contributed by atoms with E-state index in [9.17, 15) is 4.39 Å². The van der Waals surface area contributed by atoms with Gasteiger partial charge in [-0.2, -0.15) is 0 Å². The lowest BCUT2D eigenvalue weighted by molar-refractivity contribution is 0.158. The van der Waals surface area contributed by atoms with Crippen molar-refractivity contribution < 1.29 is 9.13 Å². The van der Waals surface area contributed by atoms with E-state index in [1.54, 1.807) is 6.26 Å². The first-order chi connectivity index (χ1) is 6.23. The molecule has 0 amide bonds. The molecule has 1 atom stereocenters. The molecule has 1 heterocycles. The fraction of sp³-hybridized carbons (Fsp3) is 0.800. The molecule has 0 aliphatic carbocycles. The Kier molecular flexibility index (Phi) is 3.72. The molecular weight excluding hydrogens is 169 g/mol. The summed E-state index contributed by atoms with van der Waals surface area (Å²) in [6.45, 7) is 2.74. The van der Waals surface area contributed by atoms with Gasteiger partial charge in [0.05, 0.1) is 12.9 Å². The standard InChI is InChI=1S/C10H18FNO/c1-2-5-10(11,8-12)9-4-3-6-13-7-9/h7H,2-6,8,12H2,1H3. The Morgan fingerprint density at radius 2 is 2.46 bits per heavy atom. The highest BCUT2D eigenvalue weighted by atomic mass is 19.1. The van der Waals surface area contributed by atoms with Crippen LogP contribution in [0.1, 0.15) is 32.6 Å². The summed E-state index contributed by atoms with van der Waals surface area (Å²) in [4.78, 5) is 0. The van der Waals surface area contributed by atoms with E-state index >= 15 is 0 Å². The van der Waals surface area contributed by atoms with Gasteiger partial charge in [-0.05, 0) is 19.3 Å². The second-order valence-corrected chi connectivity index (χ2v) is 3.54. The van der Waals surface area contributed by atoms with Crippen LogP contribution in [0.15, 0.2) is 11.8 Å². The van der Waals surface area contributed by atoms with Crippen molar-refractivity contribution in [3.63, 3.8) is 0 Å². The fourth-order valence-corrected chi connectivity index (χ4v) is 1.68. The molecule has 1 aliphatic heterocycles. The minimum atomic E-state index is -1.32. The molecular formula is C10H18FNO. The summed E-state index contributed by atoms with van der Waals surface area (Å²) in [7, 11) is 0. The summed E-state index contributed by atoms with van der Waals surface area (Å²) in [5.41, 5.74) is 4.87. The van der Waals surface area contributed by atoms with Crippen LogP contribution in [0.3, 0.4) is 0 Å². The van der Waals surface area contributed by atoms with Gasteiger partial charge in [-0.1, -0.05) is 13.3 Å². The highest BCUT2D eigenvalue weighted by Gasteiger charge is 2.32. The van der Waals surface area contributed by atoms with Gasteiger partial charge in [-0.25, -0.2) is 4.39 Å². The zero-order valence-electron chi connectivity index (χ0n) is 8.18. The van der Waals surface area contributed by atoms with Gasteiger partial charge in [0, 0.05) is 12.1 Å². The van der Waals surface area contributed by atoms with Crippen molar-refractivity contribution in [2.24, 2.45) is 5.73 Å². The van der Waals surface area contributed by atoms with E-state index in [2.05, 4.69) is 0 Å². The van der Waals surface area contributed by atoms with E-state index in [-0.39, 0.29) is 6.54 Å². The van der Waals surface area contributed by atoms with E-state index in [4.69, 9.17) is 10.5 Å². The maximum absolute atomic E-state index is 14.1. The summed E-state index contributed by atoms with van der Waals surface area (Å²) < 4.78 is 19.3. The van der Waals surface area contributed by atoms with Crippen molar-refractivity contribution >= 4 is 0 Å². The van der Waals surface area contributed by atoms with E-state index in [0.717, 1.165) is 24.8 Å². The summed E-state index contributed by atoms with van der Waals surface area (Å²) in [5.74, 6) is 0. The number of rotatable bonds is 4. The van der Waals surface area contributed by atoms with Gasteiger partial charge >= 0.3 is 0 Å². The molecule has 0 saturated carbocycles. The Bertz CT molecular complexity index is 193. The number of nitrogens with two attached hydrogens (primary N) is 1. The first-order valence-corrected chi connectivity index (χ1v) is 4.93. The van der Waals surface area contributed by atoms with Gasteiger partial charge in [0.1, 0.15) is 5.67 Å². The van der Waals surface area contributed by atoms with Crippen LogP contribution >= 0.6 is 0 Å². The Labute approximate surface area is 78.9 Å². The van der Waals surface area contributed by atoms with E-state index in [1.807, 2.05) is 6.92 Å². The van der Waals surface area contributed by atoms with Gasteiger partial charge in [-0.3, -0.25) is 0 Å². The highest BCUT2D eigenvalue weighted by Crippen LogP contribution is 2.31. The average Bonchev–Trinajstić information content (AvgIpc) is 2.19. The van der Waals surface area contributed by atoms with Gasteiger partial charge in [0.15, 0.2) is 0 Å². The third-order valence-corrected chi connectivity index (χ3v) is 2.48. The zero-order chi connectivity index (χ0) is 9.73. The summed E-state index contributed by atoms with van der Waals surface area (Å²) in [6, 6.07) is 0. The molecule has 3 heteroatoms. The van der Waals surface area contributed by atoms with Crippen molar-refractivity contribution in [2.45, 2.75) is 38.3 Å². The fourth-order valence-electron chi connectivity index (χ4n) is 1.68. The molecule has 1 rings (SSSR count). The van der Waals surface area contributed by atoms with Crippen LogP contribution in [-0.4, -0.2) is 18.8 Å². The van der Waals surface area contributed by atoms with Crippen LogP contribution in [0.5, 0.6) is 0 Å². The average molecular weight is 187 g/mol. The maximum atomic E-state index is 14.1. The zero-order valence-corrected chi connectivity index (χ0v) is 8.18. The molecule has 2 N–H and O–H groups in total. The van der Waals surface area contributed by atoms with Crippen LogP contribution in [0.2, 0.25) is 0 Å². The predicted molar refractivity (Wildman–Crippen MR) is 51.1 cm³/mol. The SMILES string of the molecule is CCCC(F)(CN)C1=COCCC1. The Hall–Kier alpha value is -0.570. The number of hydrogen-bond acceptors (Lipinski definition) is 2. The number of ether oxygens (including phenoxy) is 1. The monoisotopic (exact) mass is 187 g/mol. The Morgan fingerprint density at radius 3 is 2.92 bits per heavy atom. The molecule has 76 valence electrons. The van der Waals surface area contributed by atoms with Crippen LogP contribution in [0.4, 0.5) is 4.39 Å². The van der Waals surface area contributed by atoms with Crippen molar-refractivity contribution in [1.29, 1.82) is 0 Å². The molecule has 0 aromatic carbocycles. The molecule has 1 unspecified atom stereocenters. The molecule has 0 aromatic heterocycles.